The van der Waals surface area contributed by atoms with Gasteiger partial charge < -0.3 is 5.11 Å². The van der Waals surface area contributed by atoms with Gasteiger partial charge >= 0.3 is 0 Å². The molecule has 1 nitrogen and oxygen atoms in total. The fourth-order valence-corrected chi connectivity index (χ4v) is 3.76. The van der Waals surface area contributed by atoms with Gasteiger partial charge in [-0.05, 0) is 41.8 Å². The zero-order chi connectivity index (χ0) is 14.1. The lowest BCUT2D eigenvalue weighted by Crippen LogP contribution is -2.02. The average molecular weight is 282 g/mol. The first-order valence-corrected chi connectivity index (χ1v) is 7.73. The Balaban J connectivity index is 1.92. The summed E-state index contributed by atoms with van der Waals surface area (Å²) < 4.78 is 1.20. The molecule has 0 spiro atoms. The predicted molar refractivity (Wildman–Crippen MR) is 86.4 cm³/mol. The number of hydrogen-bond donors (Lipinski definition) is 1. The molecule has 0 aliphatic rings. The number of aliphatic hydroxyl groups is 1. The second-order valence-electron chi connectivity index (χ2n) is 5.40. The lowest BCUT2D eigenvalue weighted by molar-refractivity contribution is 0.180. The third-order valence-corrected chi connectivity index (χ3v) is 4.56. The molecule has 0 saturated heterocycles. The maximum Gasteiger partial charge on any atom is 0.0844 e. The summed E-state index contributed by atoms with van der Waals surface area (Å²) in [6, 6.07) is 14.7. The van der Waals surface area contributed by atoms with E-state index in [2.05, 4.69) is 49.6 Å². The summed E-state index contributed by atoms with van der Waals surface area (Å²) in [4.78, 5) is 0. The van der Waals surface area contributed by atoms with Crippen molar-refractivity contribution in [2.45, 2.75) is 26.4 Å². The number of hydrogen-bond acceptors (Lipinski definition) is 2. The van der Waals surface area contributed by atoms with Crippen LogP contribution in [0.1, 0.15) is 28.4 Å². The molecule has 102 valence electrons. The fraction of sp³-hybridized carbons (Fsp3) is 0.222. The van der Waals surface area contributed by atoms with Crippen molar-refractivity contribution in [2.75, 3.05) is 0 Å². The minimum absolute atomic E-state index is 0.446. The normalized spacial score (nSPS) is 12.8. The van der Waals surface area contributed by atoms with Crippen LogP contribution in [0.4, 0.5) is 0 Å². The van der Waals surface area contributed by atoms with Gasteiger partial charge in [0, 0.05) is 11.1 Å². The molecule has 0 amide bonds. The number of rotatable bonds is 3. The van der Waals surface area contributed by atoms with E-state index in [1.165, 1.54) is 26.8 Å². The zero-order valence-corrected chi connectivity index (χ0v) is 12.6. The van der Waals surface area contributed by atoms with Crippen molar-refractivity contribution in [3.8, 4) is 0 Å². The molecule has 1 heterocycles. The van der Waals surface area contributed by atoms with Crippen LogP contribution < -0.4 is 0 Å². The summed E-state index contributed by atoms with van der Waals surface area (Å²) in [6.45, 7) is 4.20. The van der Waals surface area contributed by atoms with Crippen molar-refractivity contribution in [3.63, 3.8) is 0 Å². The average Bonchev–Trinajstić information content (AvgIpc) is 2.85. The molecule has 3 rings (SSSR count). The van der Waals surface area contributed by atoms with Crippen LogP contribution in [0, 0.1) is 13.8 Å². The largest absolute Gasteiger partial charge is 0.388 e. The minimum Gasteiger partial charge on any atom is -0.388 e. The van der Waals surface area contributed by atoms with Crippen molar-refractivity contribution in [1.82, 2.24) is 0 Å². The summed E-state index contributed by atoms with van der Waals surface area (Å²) in [5.41, 5.74) is 4.74. The molecule has 20 heavy (non-hydrogen) atoms. The molecule has 0 aliphatic heterocycles. The van der Waals surface area contributed by atoms with Crippen LogP contribution in [-0.2, 0) is 6.42 Å². The maximum atomic E-state index is 10.6. The predicted octanol–water partition coefficient (Wildman–Crippen LogP) is 4.79. The monoisotopic (exact) mass is 282 g/mol. The SMILES string of the molecule is Cc1cc(C)cc(CC(O)c2cccc3ccsc23)c1. The van der Waals surface area contributed by atoms with Gasteiger partial charge in [-0.3, -0.25) is 0 Å². The van der Waals surface area contributed by atoms with E-state index in [4.69, 9.17) is 0 Å². The molecular formula is C18H18OS. The summed E-state index contributed by atoms with van der Waals surface area (Å²) >= 11 is 1.70. The Morgan fingerprint density at radius 3 is 2.55 bits per heavy atom. The standard InChI is InChI=1S/C18H18OS/c1-12-8-13(2)10-14(9-12)11-17(19)16-5-3-4-15-6-7-20-18(15)16/h3-10,17,19H,11H2,1-2H3. The van der Waals surface area contributed by atoms with Gasteiger partial charge in [-0.15, -0.1) is 11.3 Å². The lowest BCUT2D eigenvalue weighted by Gasteiger charge is -2.13. The van der Waals surface area contributed by atoms with Crippen molar-refractivity contribution >= 4 is 21.4 Å². The molecule has 1 N–H and O–H groups in total. The molecule has 2 heteroatoms. The number of benzene rings is 2. The Morgan fingerprint density at radius 1 is 1.05 bits per heavy atom. The first kappa shape index (κ1) is 13.3. The highest BCUT2D eigenvalue weighted by molar-refractivity contribution is 7.17. The first-order valence-electron chi connectivity index (χ1n) is 6.85. The molecule has 0 aliphatic carbocycles. The van der Waals surface area contributed by atoms with Gasteiger partial charge in [0.15, 0.2) is 0 Å². The van der Waals surface area contributed by atoms with E-state index in [0.717, 1.165) is 5.56 Å². The van der Waals surface area contributed by atoms with Crippen molar-refractivity contribution in [3.05, 3.63) is 70.1 Å². The highest BCUT2D eigenvalue weighted by Crippen LogP contribution is 2.30. The van der Waals surface area contributed by atoms with Crippen LogP contribution in [-0.4, -0.2) is 5.11 Å². The molecule has 1 aromatic heterocycles. The Labute approximate surface area is 123 Å². The molecule has 0 saturated carbocycles. The fourth-order valence-electron chi connectivity index (χ4n) is 2.80. The Kier molecular flexibility index (Phi) is 3.60. The molecule has 1 unspecified atom stereocenters. The molecule has 0 radical (unpaired) electrons. The van der Waals surface area contributed by atoms with Gasteiger partial charge in [0.1, 0.15) is 0 Å². The number of fused-ring (bicyclic) bond motifs is 1. The van der Waals surface area contributed by atoms with E-state index in [1.54, 1.807) is 11.3 Å². The Hall–Kier alpha value is -1.64. The highest BCUT2D eigenvalue weighted by Gasteiger charge is 2.13. The maximum absolute atomic E-state index is 10.6. The number of aliphatic hydroxyl groups excluding tert-OH is 1. The lowest BCUT2D eigenvalue weighted by atomic mass is 9.98. The molecule has 0 bridgehead atoms. The van der Waals surface area contributed by atoms with Crippen LogP contribution in [0.3, 0.4) is 0 Å². The van der Waals surface area contributed by atoms with E-state index >= 15 is 0 Å². The molecule has 3 aromatic rings. The van der Waals surface area contributed by atoms with Crippen molar-refractivity contribution in [2.24, 2.45) is 0 Å². The summed E-state index contributed by atoms with van der Waals surface area (Å²) in [5.74, 6) is 0. The summed E-state index contributed by atoms with van der Waals surface area (Å²) in [7, 11) is 0. The molecule has 0 fully saturated rings. The highest BCUT2D eigenvalue weighted by atomic mass is 32.1. The van der Waals surface area contributed by atoms with E-state index in [0.29, 0.717) is 6.42 Å². The molecule has 2 aromatic carbocycles. The van der Waals surface area contributed by atoms with Gasteiger partial charge in [0.2, 0.25) is 0 Å². The Morgan fingerprint density at radius 2 is 1.80 bits per heavy atom. The minimum atomic E-state index is -0.446. The molecular weight excluding hydrogens is 264 g/mol. The van der Waals surface area contributed by atoms with Gasteiger partial charge in [0.05, 0.1) is 6.10 Å². The van der Waals surface area contributed by atoms with Crippen LogP contribution in [0.2, 0.25) is 0 Å². The van der Waals surface area contributed by atoms with Gasteiger partial charge in [-0.1, -0.05) is 47.5 Å². The zero-order valence-electron chi connectivity index (χ0n) is 11.8. The van der Waals surface area contributed by atoms with Crippen LogP contribution in [0.25, 0.3) is 10.1 Å². The van der Waals surface area contributed by atoms with Gasteiger partial charge in [0.25, 0.3) is 0 Å². The summed E-state index contributed by atoms with van der Waals surface area (Å²) in [5, 5.41) is 13.9. The van der Waals surface area contributed by atoms with E-state index < -0.39 is 6.10 Å². The van der Waals surface area contributed by atoms with Crippen molar-refractivity contribution < 1.29 is 5.11 Å². The van der Waals surface area contributed by atoms with E-state index in [9.17, 15) is 5.11 Å². The first-order chi connectivity index (χ1) is 9.63. The second kappa shape index (κ2) is 5.39. The number of aryl methyl sites for hydroxylation is 2. The molecule has 1 atom stereocenters. The third kappa shape index (κ3) is 2.62. The van der Waals surface area contributed by atoms with Crippen LogP contribution in [0.5, 0.6) is 0 Å². The quantitative estimate of drug-likeness (QED) is 0.732. The van der Waals surface area contributed by atoms with E-state index in [-0.39, 0.29) is 0 Å². The van der Waals surface area contributed by atoms with Crippen molar-refractivity contribution in [1.29, 1.82) is 0 Å². The van der Waals surface area contributed by atoms with Crippen LogP contribution in [0.15, 0.2) is 47.8 Å². The van der Waals surface area contributed by atoms with Crippen LogP contribution >= 0.6 is 11.3 Å². The topological polar surface area (TPSA) is 20.2 Å². The second-order valence-corrected chi connectivity index (χ2v) is 6.32. The smallest absolute Gasteiger partial charge is 0.0844 e. The van der Waals surface area contributed by atoms with E-state index in [1.807, 2.05) is 12.1 Å². The summed E-state index contributed by atoms with van der Waals surface area (Å²) in [6.07, 6.45) is 0.220. The van der Waals surface area contributed by atoms with Gasteiger partial charge in [-0.2, -0.15) is 0 Å². The number of thiophene rings is 1. The van der Waals surface area contributed by atoms with Gasteiger partial charge in [-0.25, -0.2) is 0 Å². The Bertz CT molecular complexity index is 722. The third-order valence-electron chi connectivity index (χ3n) is 3.58.